The lowest BCUT2D eigenvalue weighted by Gasteiger charge is -2.44. The van der Waals surface area contributed by atoms with Gasteiger partial charge in [0.2, 0.25) is 0 Å². The molecule has 5 nitrogen and oxygen atoms in total. The van der Waals surface area contributed by atoms with Gasteiger partial charge < -0.3 is 10.9 Å². The summed E-state index contributed by atoms with van der Waals surface area (Å²) in [5.41, 5.74) is 1.51. The molecule has 0 amide bonds. The van der Waals surface area contributed by atoms with Gasteiger partial charge in [-0.15, -0.1) is 0 Å². The van der Waals surface area contributed by atoms with Crippen LogP contribution in [-0.4, -0.2) is 22.6 Å². The molecule has 5 N–H and O–H groups in total. The van der Waals surface area contributed by atoms with Crippen LogP contribution in [0.15, 0.2) is 103 Å². The van der Waals surface area contributed by atoms with E-state index in [-0.39, 0.29) is 5.84 Å². The predicted molar refractivity (Wildman–Crippen MR) is 107 cm³/mol. The molecule has 0 saturated heterocycles. The number of amidine groups is 1. The highest BCUT2D eigenvalue weighted by Crippen LogP contribution is 2.41. The van der Waals surface area contributed by atoms with Crippen LogP contribution in [-0.2, 0) is 5.54 Å². The topological polar surface area (TPSA) is 87.9 Å². The summed E-state index contributed by atoms with van der Waals surface area (Å²) in [4.78, 5) is 0. The highest BCUT2D eigenvalue weighted by Gasteiger charge is 2.43. The van der Waals surface area contributed by atoms with Crippen molar-refractivity contribution in [3.05, 3.63) is 109 Å². The van der Waals surface area contributed by atoms with Crippen molar-refractivity contribution in [3.8, 4) is 0 Å². The van der Waals surface area contributed by atoms with Crippen LogP contribution in [0.5, 0.6) is 0 Å². The van der Waals surface area contributed by atoms with Gasteiger partial charge in [-0.2, -0.15) is 5.10 Å². The summed E-state index contributed by atoms with van der Waals surface area (Å²) in [6, 6.07) is 19.4. The first-order valence-corrected chi connectivity index (χ1v) is 8.16. The second kappa shape index (κ2) is 8.80. The van der Waals surface area contributed by atoms with Crippen molar-refractivity contribution < 1.29 is 5.11 Å². The molecule has 0 saturated carbocycles. The van der Waals surface area contributed by atoms with E-state index in [1.165, 1.54) is 5.01 Å². The number of hydrogen-bond donors (Lipinski definition) is 3. The number of aliphatic hydroxyl groups excluding tert-OH is 1. The minimum absolute atomic E-state index is 0.134. The van der Waals surface area contributed by atoms with E-state index in [0.29, 0.717) is 0 Å². The van der Waals surface area contributed by atoms with E-state index in [1.807, 2.05) is 66.7 Å². The highest BCUT2D eigenvalue weighted by atomic mass is 16.3. The van der Waals surface area contributed by atoms with Crippen molar-refractivity contribution in [1.29, 1.82) is 0 Å². The second-order valence-corrected chi connectivity index (χ2v) is 5.58. The Morgan fingerprint density at radius 2 is 1.54 bits per heavy atom. The quantitative estimate of drug-likeness (QED) is 0.236. The Morgan fingerprint density at radius 1 is 1.04 bits per heavy atom. The summed E-state index contributed by atoms with van der Waals surface area (Å²) in [5, 5.41) is 14.8. The third-order valence-corrected chi connectivity index (χ3v) is 4.25. The largest absolute Gasteiger partial charge is 0.388 e. The van der Waals surface area contributed by atoms with Gasteiger partial charge in [0.15, 0.2) is 5.84 Å². The highest BCUT2D eigenvalue weighted by molar-refractivity contribution is 5.85. The van der Waals surface area contributed by atoms with Gasteiger partial charge in [0, 0.05) is 0 Å². The standard InChI is InChI=1S/C21H24N4O/c1-3-11-17(4-2)21(18-12-7-5-8-13-18,19-14-9-6-10-15-19)25(23)20(16-26)24-22/h3-15,26H,1-2,16,22-23H2/b17-11+,24-20-. The lowest BCUT2D eigenvalue weighted by molar-refractivity contribution is 0.242. The van der Waals surface area contributed by atoms with Crippen LogP contribution in [0.25, 0.3) is 0 Å². The Labute approximate surface area is 154 Å². The maximum absolute atomic E-state index is 9.74. The molecule has 0 aliphatic carbocycles. The number of aliphatic hydroxyl groups is 1. The average Bonchev–Trinajstić information content (AvgIpc) is 2.70. The number of hydrazone groups is 1. The summed E-state index contributed by atoms with van der Waals surface area (Å²) < 4.78 is 0. The second-order valence-electron chi connectivity index (χ2n) is 5.58. The Kier molecular flexibility index (Phi) is 6.49. The molecule has 0 bridgehead atoms. The van der Waals surface area contributed by atoms with E-state index in [9.17, 15) is 5.11 Å². The summed E-state index contributed by atoms with van der Waals surface area (Å²) in [5.74, 6) is 12.2. The molecule has 134 valence electrons. The SMILES string of the molecule is C=C/C=C(\C=C)C(c1ccccc1)(c1ccccc1)N(N)/C(CO)=N\N. The summed E-state index contributed by atoms with van der Waals surface area (Å²) in [6.45, 7) is 7.35. The maximum atomic E-state index is 9.74. The van der Waals surface area contributed by atoms with Gasteiger partial charge in [0.05, 0.1) is 0 Å². The lowest BCUT2D eigenvalue weighted by atomic mass is 9.75. The lowest BCUT2D eigenvalue weighted by Crippen LogP contribution is -2.56. The number of benzene rings is 2. The molecule has 0 aromatic heterocycles. The molecule has 0 unspecified atom stereocenters. The monoisotopic (exact) mass is 348 g/mol. The molecular weight excluding hydrogens is 324 g/mol. The van der Waals surface area contributed by atoms with Crippen LogP contribution in [0.1, 0.15) is 11.1 Å². The first-order valence-electron chi connectivity index (χ1n) is 8.16. The molecule has 2 aromatic carbocycles. The molecule has 0 atom stereocenters. The Balaban J connectivity index is 2.95. The van der Waals surface area contributed by atoms with Gasteiger partial charge in [-0.3, -0.25) is 5.01 Å². The zero-order valence-electron chi connectivity index (χ0n) is 14.6. The van der Waals surface area contributed by atoms with Crippen molar-refractivity contribution in [1.82, 2.24) is 5.01 Å². The van der Waals surface area contributed by atoms with E-state index in [2.05, 4.69) is 18.3 Å². The Hall–Kier alpha value is -3.15. The minimum Gasteiger partial charge on any atom is -0.388 e. The third-order valence-electron chi connectivity index (χ3n) is 4.25. The van der Waals surface area contributed by atoms with Gasteiger partial charge in [0.25, 0.3) is 0 Å². The molecule has 0 heterocycles. The molecular formula is C21H24N4O. The summed E-state index contributed by atoms with van der Waals surface area (Å²) >= 11 is 0. The fraction of sp³-hybridized carbons (Fsp3) is 0.0952. The molecule has 5 heteroatoms. The van der Waals surface area contributed by atoms with Crippen LogP contribution in [0.4, 0.5) is 0 Å². The van der Waals surface area contributed by atoms with Crippen LogP contribution < -0.4 is 11.7 Å². The fourth-order valence-electron chi connectivity index (χ4n) is 3.11. The van der Waals surface area contributed by atoms with Crippen LogP contribution in [0.3, 0.4) is 0 Å². The van der Waals surface area contributed by atoms with Gasteiger partial charge >= 0.3 is 0 Å². The Morgan fingerprint density at radius 3 is 1.88 bits per heavy atom. The van der Waals surface area contributed by atoms with Gasteiger partial charge in [-0.1, -0.05) is 92.0 Å². The normalized spacial score (nSPS) is 12.5. The average molecular weight is 348 g/mol. The van der Waals surface area contributed by atoms with Crippen molar-refractivity contribution in [3.63, 3.8) is 0 Å². The van der Waals surface area contributed by atoms with E-state index in [1.54, 1.807) is 12.2 Å². The molecule has 0 fully saturated rings. The van der Waals surface area contributed by atoms with Crippen molar-refractivity contribution >= 4 is 5.84 Å². The number of allylic oxidation sites excluding steroid dienone is 2. The van der Waals surface area contributed by atoms with E-state index >= 15 is 0 Å². The number of nitrogens with two attached hydrogens (primary N) is 2. The van der Waals surface area contributed by atoms with Gasteiger partial charge in [0.1, 0.15) is 12.1 Å². The predicted octanol–water partition coefficient (Wildman–Crippen LogP) is 2.67. The first kappa shape index (κ1) is 19.2. The smallest absolute Gasteiger partial charge is 0.165 e. The zero-order chi connectivity index (χ0) is 19.0. The molecule has 0 radical (unpaired) electrons. The third kappa shape index (κ3) is 3.31. The number of nitrogens with zero attached hydrogens (tertiary/aromatic N) is 2. The van der Waals surface area contributed by atoms with E-state index in [4.69, 9.17) is 11.7 Å². The fourth-order valence-corrected chi connectivity index (χ4v) is 3.11. The van der Waals surface area contributed by atoms with Gasteiger partial charge in [-0.25, -0.2) is 5.84 Å². The molecule has 0 spiro atoms. The van der Waals surface area contributed by atoms with E-state index < -0.39 is 12.1 Å². The van der Waals surface area contributed by atoms with E-state index in [0.717, 1.165) is 16.7 Å². The number of hydrazine groups is 1. The first-order chi connectivity index (χ1) is 12.7. The minimum atomic E-state index is -1.00. The Bertz CT molecular complexity index is 758. The zero-order valence-corrected chi connectivity index (χ0v) is 14.6. The molecule has 2 rings (SSSR count). The van der Waals surface area contributed by atoms with Gasteiger partial charge in [-0.05, 0) is 16.7 Å². The summed E-state index contributed by atoms with van der Waals surface area (Å²) in [6.07, 6.45) is 5.22. The molecule has 26 heavy (non-hydrogen) atoms. The molecule has 2 aromatic rings. The molecule has 0 aliphatic rings. The number of rotatable bonds is 7. The summed E-state index contributed by atoms with van der Waals surface area (Å²) in [7, 11) is 0. The van der Waals surface area contributed by atoms with Crippen molar-refractivity contribution in [2.75, 3.05) is 6.61 Å². The maximum Gasteiger partial charge on any atom is 0.165 e. The van der Waals surface area contributed by atoms with Crippen LogP contribution >= 0.6 is 0 Å². The van der Waals surface area contributed by atoms with Crippen molar-refractivity contribution in [2.45, 2.75) is 5.54 Å². The van der Waals surface area contributed by atoms with Crippen molar-refractivity contribution in [2.24, 2.45) is 16.8 Å². The van der Waals surface area contributed by atoms with Crippen LogP contribution in [0.2, 0.25) is 0 Å². The van der Waals surface area contributed by atoms with Crippen LogP contribution in [0, 0.1) is 0 Å². The molecule has 0 aliphatic heterocycles. The number of hydrogen-bond acceptors (Lipinski definition) is 4.